The zero-order valence-corrected chi connectivity index (χ0v) is 39.7. The second-order valence-corrected chi connectivity index (χ2v) is 19.9. The lowest BCUT2D eigenvalue weighted by Crippen LogP contribution is -2.55. The van der Waals surface area contributed by atoms with Crippen LogP contribution < -0.4 is 5.45 Å². The van der Waals surface area contributed by atoms with Crippen LogP contribution in [0.25, 0.3) is 0 Å². The third kappa shape index (κ3) is 15.6. The first-order chi connectivity index (χ1) is 25.7. The van der Waals surface area contributed by atoms with Crippen LogP contribution >= 0.6 is 11.0 Å². The Morgan fingerprint density at radius 3 is 1.80 bits per heavy atom. The van der Waals surface area contributed by atoms with E-state index in [-0.39, 0.29) is 5.04 Å². The van der Waals surface area contributed by atoms with Crippen molar-refractivity contribution in [1.82, 2.24) is 23.2 Å². The first-order valence-corrected chi connectivity index (χ1v) is 24.9. The Labute approximate surface area is 335 Å². The number of carbonyl (C=O) groups is 1. The highest BCUT2D eigenvalue weighted by atomic mass is 32.3. The molecule has 2 aromatic heterocycles. The molecule has 2 aliphatic rings. The van der Waals surface area contributed by atoms with Crippen LogP contribution in [0.5, 0.6) is 0 Å². The van der Waals surface area contributed by atoms with Crippen LogP contribution in [0.3, 0.4) is 0 Å². The molecule has 1 atom stereocenters. The molecule has 8 nitrogen and oxygen atoms in total. The maximum Gasteiger partial charge on any atom is 0.163 e. The molecule has 0 amide bonds. The number of ketones is 1. The summed E-state index contributed by atoms with van der Waals surface area (Å²) in [5.74, 6) is 0.837. The van der Waals surface area contributed by atoms with Crippen molar-refractivity contribution in [2.45, 2.75) is 154 Å². The number of hydrogen-bond donors (Lipinski definition) is 3. The monoisotopic (exact) mass is 788 g/mol. The Balaban J connectivity index is -0.000000645. The van der Waals surface area contributed by atoms with Crippen molar-refractivity contribution in [2.75, 3.05) is 14.1 Å². The van der Waals surface area contributed by atoms with Gasteiger partial charge in [-0.05, 0) is 52.0 Å². The summed E-state index contributed by atoms with van der Waals surface area (Å²) in [6, 6.07) is 16.5. The Morgan fingerprint density at radius 2 is 1.31 bits per heavy atom. The summed E-state index contributed by atoms with van der Waals surface area (Å²) in [5, 5.41) is 0.0952. The number of imidazole rings is 2. The van der Waals surface area contributed by atoms with Crippen LogP contribution in [-0.4, -0.2) is 60.3 Å². The molecule has 2 aromatic carbocycles. The number of aryl methyl sites for hydroxylation is 2. The fraction of sp³-hybridized carbons (Fsp3) is 0.568. The van der Waals surface area contributed by atoms with Gasteiger partial charge in [-0.15, -0.1) is 0 Å². The lowest BCUT2D eigenvalue weighted by molar-refractivity contribution is 0.0994. The van der Waals surface area contributed by atoms with Gasteiger partial charge in [0.25, 0.3) is 0 Å². The van der Waals surface area contributed by atoms with Crippen molar-refractivity contribution in [3.05, 3.63) is 101 Å². The average molecular weight is 788 g/mol. The zero-order chi connectivity index (χ0) is 42.7. The van der Waals surface area contributed by atoms with Gasteiger partial charge in [0.15, 0.2) is 5.78 Å². The predicted molar refractivity (Wildman–Crippen MR) is 243 cm³/mol. The third-order valence-electron chi connectivity index (χ3n) is 8.76. The number of nitrogens with zero attached hydrogens (tertiary/aromatic N) is 4. The lowest BCUT2D eigenvalue weighted by atomic mass is 9.99. The van der Waals surface area contributed by atoms with E-state index in [2.05, 4.69) is 73.1 Å². The Hall–Kier alpha value is -3.02. The second kappa shape index (κ2) is 29.3. The average Bonchev–Trinajstić information content (AvgIpc) is 4.05. The van der Waals surface area contributed by atoms with E-state index in [0.29, 0.717) is 18.1 Å². The zero-order valence-electron chi connectivity index (χ0n) is 37.8. The first-order valence-electron chi connectivity index (χ1n) is 20.4. The molecular weight excluding hydrogens is 707 g/mol. The van der Waals surface area contributed by atoms with Gasteiger partial charge in [-0.1, -0.05) is 165 Å². The van der Waals surface area contributed by atoms with Gasteiger partial charge < -0.3 is 4.98 Å². The molecule has 2 heterocycles. The van der Waals surface area contributed by atoms with Crippen molar-refractivity contribution in [1.29, 1.82) is 0 Å². The summed E-state index contributed by atoms with van der Waals surface area (Å²) in [6.45, 7) is 35.0. The SMILES string of the molecule is CC.CC.CC.CC.CC.CC.CN(C)S(O)(O)n1ccnc1[Si](C)(C)C(C)(C)C.O=C1CCc2ccccc21.c1ccc2c(c1)CCC2c1cnc[nH]1. The van der Waals surface area contributed by atoms with E-state index in [1.54, 1.807) is 36.8 Å². The predicted octanol–water partition coefficient (Wildman–Crippen LogP) is 13.0. The molecule has 6 rings (SSSR count). The highest BCUT2D eigenvalue weighted by molar-refractivity contribution is 8.21. The van der Waals surface area contributed by atoms with Gasteiger partial charge in [-0.3, -0.25) is 13.9 Å². The summed E-state index contributed by atoms with van der Waals surface area (Å²) in [7, 11) is -1.57. The molecule has 0 radical (unpaired) electrons. The number of Topliss-reactive ketones (excluding diaryl/α,β-unsaturated/α-hetero) is 1. The molecule has 310 valence electrons. The minimum absolute atomic E-state index is 0.0952. The molecule has 0 aliphatic heterocycles. The van der Waals surface area contributed by atoms with Gasteiger partial charge >= 0.3 is 0 Å². The molecule has 1 unspecified atom stereocenters. The molecule has 54 heavy (non-hydrogen) atoms. The topological polar surface area (TPSA) is 107 Å². The van der Waals surface area contributed by atoms with Crippen molar-refractivity contribution < 1.29 is 13.9 Å². The van der Waals surface area contributed by atoms with Gasteiger partial charge in [-0.25, -0.2) is 13.9 Å². The van der Waals surface area contributed by atoms with E-state index in [4.69, 9.17) is 0 Å². The number of benzene rings is 2. The van der Waals surface area contributed by atoms with Crippen LogP contribution in [-0.2, 0) is 12.8 Å². The van der Waals surface area contributed by atoms with Gasteiger partial charge in [-0.2, -0.15) is 4.31 Å². The largest absolute Gasteiger partial charge is 0.348 e. The van der Waals surface area contributed by atoms with Gasteiger partial charge in [0.2, 0.25) is 0 Å². The van der Waals surface area contributed by atoms with Crippen LogP contribution in [0, 0.1) is 0 Å². The summed E-state index contributed by atoms with van der Waals surface area (Å²) < 4.78 is 23.5. The number of aromatic amines is 1. The van der Waals surface area contributed by atoms with Crippen LogP contribution in [0.2, 0.25) is 18.1 Å². The summed E-state index contributed by atoms with van der Waals surface area (Å²) in [5.41, 5.74) is 7.18. The van der Waals surface area contributed by atoms with Crippen molar-refractivity contribution in [3.63, 3.8) is 0 Å². The molecule has 0 bridgehead atoms. The molecule has 3 N–H and O–H groups in total. The molecule has 0 fully saturated rings. The molecular formula is C44H81N5O3SSi. The molecule has 0 spiro atoms. The standard InChI is InChI=1S/C12H12N2.C11H25N3O2SSi.C9H8O.6C2H6/c1-2-4-10-9(3-1)5-6-11(10)12-7-13-8-14-12;1-11(2,3)18(6,7)10-12-8-9-14(10)17(15,16)13(4)5;10-9-6-5-7-3-1-2-4-8(7)9;6*1-2/h1-4,7-8,11H,5-6H2,(H,13,14);8-9,15-16H,1-7H3;1-4H,5-6H2;6*1-2H3. The highest BCUT2D eigenvalue weighted by Crippen LogP contribution is 2.44. The van der Waals surface area contributed by atoms with Crippen LogP contribution in [0.4, 0.5) is 0 Å². The minimum Gasteiger partial charge on any atom is -0.348 e. The van der Waals surface area contributed by atoms with E-state index in [1.165, 1.54) is 39.5 Å². The van der Waals surface area contributed by atoms with Crippen molar-refractivity contribution in [3.8, 4) is 0 Å². The third-order valence-corrected chi connectivity index (χ3v) is 16.0. The fourth-order valence-electron chi connectivity index (χ4n) is 5.17. The Bertz CT molecular complexity index is 1500. The normalized spacial score (nSPS) is 13.7. The Kier molecular flexibility index (Phi) is 30.0. The smallest absolute Gasteiger partial charge is 0.163 e. The number of carbonyl (C=O) groups excluding carboxylic acids is 1. The number of aromatic nitrogens is 4. The van der Waals surface area contributed by atoms with E-state index >= 15 is 0 Å². The van der Waals surface area contributed by atoms with E-state index in [0.717, 1.165) is 17.4 Å². The number of H-pyrrole nitrogens is 1. The first kappa shape index (κ1) is 55.3. The van der Waals surface area contributed by atoms with E-state index < -0.39 is 19.0 Å². The molecule has 0 saturated carbocycles. The van der Waals surface area contributed by atoms with Gasteiger partial charge in [0.05, 0.1) is 6.33 Å². The maximum atomic E-state index is 11.1. The second-order valence-electron chi connectivity index (χ2n) is 12.6. The summed E-state index contributed by atoms with van der Waals surface area (Å²) in [6.07, 6.45) is 11.1. The maximum absolute atomic E-state index is 11.1. The summed E-state index contributed by atoms with van der Waals surface area (Å²) >= 11 is 0. The van der Waals surface area contributed by atoms with E-state index in [9.17, 15) is 13.9 Å². The number of rotatable bonds is 4. The van der Waals surface area contributed by atoms with Gasteiger partial charge in [0, 0.05) is 56.3 Å². The number of fused-ring (bicyclic) bond motifs is 2. The highest BCUT2D eigenvalue weighted by Gasteiger charge is 2.42. The van der Waals surface area contributed by atoms with Crippen LogP contribution in [0.1, 0.15) is 155 Å². The molecule has 4 aromatic rings. The minimum atomic E-state index is -2.99. The molecule has 2 aliphatic carbocycles. The van der Waals surface area contributed by atoms with Gasteiger partial charge in [0.1, 0.15) is 13.5 Å². The van der Waals surface area contributed by atoms with E-state index in [1.807, 2.05) is 114 Å². The Morgan fingerprint density at radius 1 is 0.796 bits per heavy atom. The molecule has 0 saturated heterocycles. The summed E-state index contributed by atoms with van der Waals surface area (Å²) in [4.78, 5) is 22.8. The quantitative estimate of drug-likeness (QED) is 0.178. The fourth-order valence-corrected chi connectivity index (χ4v) is 8.76. The number of hydrogen-bond acceptors (Lipinski definition) is 6. The molecule has 10 heteroatoms. The lowest BCUT2D eigenvalue weighted by Gasteiger charge is -2.43. The van der Waals surface area contributed by atoms with Crippen molar-refractivity contribution >= 4 is 30.3 Å². The van der Waals surface area contributed by atoms with Crippen molar-refractivity contribution in [2.24, 2.45) is 0 Å². The number of nitrogens with one attached hydrogen (secondary N) is 1. The van der Waals surface area contributed by atoms with Crippen LogP contribution in [0.15, 0.2) is 73.4 Å².